The van der Waals surface area contributed by atoms with E-state index in [9.17, 15) is 0 Å². The minimum Gasteiger partial charge on any atom is -0.298 e. The standard InChI is InChI=1S/C18H36N2/c1-6-18(7-2,8-3)20-13-16-11-9-10-12-19(16)14-17(20)15(4)5/h15-17H,6-14H2,1-5H3. The van der Waals surface area contributed by atoms with Crippen LogP contribution in [0.3, 0.4) is 0 Å². The zero-order valence-corrected chi connectivity index (χ0v) is 14.5. The molecule has 0 N–H and O–H groups in total. The van der Waals surface area contributed by atoms with E-state index >= 15 is 0 Å². The number of nitrogens with zero attached hydrogens (tertiary/aromatic N) is 2. The van der Waals surface area contributed by atoms with Crippen LogP contribution < -0.4 is 0 Å². The molecule has 2 heteroatoms. The van der Waals surface area contributed by atoms with E-state index in [0.29, 0.717) is 5.54 Å². The van der Waals surface area contributed by atoms with E-state index in [0.717, 1.165) is 18.0 Å². The molecule has 2 rings (SSSR count). The zero-order valence-electron chi connectivity index (χ0n) is 14.5. The molecule has 0 amide bonds. The summed E-state index contributed by atoms with van der Waals surface area (Å²) in [5.74, 6) is 0.766. The van der Waals surface area contributed by atoms with Crippen molar-refractivity contribution in [1.29, 1.82) is 0 Å². The van der Waals surface area contributed by atoms with Gasteiger partial charge in [-0.3, -0.25) is 9.80 Å². The van der Waals surface area contributed by atoms with Gasteiger partial charge >= 0.3 is 0 Å². The maximum atomic E-state index is 2.93. The van der Waals surface area contributed by atoms with Gasteiger partial charge in [-0.25, -0.2) is 0 Å². The zero-order chi connectivity index (χ0) is 14.8. The van der Waals surface area contributed by atoms with Gasteiger partial charge in [0.1, 0.15) is 0 Å². The fourth-order valence-electron chi connectivity index (χ4n) is 4.68. The molecule has 2 unspecified atom stereocenters. The average molecular weight is 280 g/mol. The Morgan fingerprint density at radius 1 is 1.00 bits per heavy atom. The lowest BCUT2D eigenvalue weighted by Gasteiger charge is -2.56. The van der Waals surface area contributed by atoms with Crippen molar-refractivity contribution >= 4 is 0 Å². The molecule has 0 radical (unpaired) electrons. The monoisotopic (exact) mass is 280 g/mol. The van der Waals surface area contributed by atoms with Crippen LogP contribution in [0.25, 0.3) is 0 Å². The topological polar surface area (TPSA) is 6.48 Å². The van der Waals surface area contributed by atoms with Crippen LogP contribution in [-0.4, -0.2) is 47.1 Å². The highest BCUT2D eigenvalue weighted by atomic mass is 15.3. The predicted molar refractivity (Wildman–Crippen MR) is 88.1 cm³/mol. The highest BCUT2D eigenvalue weighted by Crippen LogP contribution is 2.37. The fourth-order valence-corrected chi connectivity index (χ4v) is 4.68. The quantitative estimate of drug-likeness (QED) is 0.746. The first-order chi connectivity index (χ1) is 9.57. The van der Waals surface area contributed by atoms with Crippen LogP contribution in [0.1, 0.15) is 73.1 Å². The largest absolute Gasteiger partial charge is 0.298 e. The Balaban J connectivity index is 2.23. The second-order valence-corrected chi connectivity index (χ2v) is 7.39. The third kappa shape index (κ3) is 2.92. The molecule has 2 heterocycles. The highest BCUT2D eigenvalue weighted by molar-refractivity contribution is 5.00. The van der Waals surface area contributed by atoms with Crippen LogP contribution in [0, 0.1) is 5.92 Å². The smallest absolute Gasteiger partial charge is 0.0252 e. The molecular formula is C18H36N2. The lowest BCUT2D eigenvalue weighted by atomic mass is 9.81. The Hall–Kier alpha value is -0.0800. The van der Waals surface area contributed by atoms with Crippen molar-refractivity contribution in [3.63, 3.8) is 0 Å². The van der Waals surface area contributed by atoms with Gasteiger partial charge in [0.05, 0.1) is 0 Å². The van der Waals surface area contributed by atoms with Crippen molar-refractivity contribution in [2.24, 2.45) is 5.92 Å². The lowest BCUT2D eigenvalue weighted by molar-refractivity contribution is -0.0729. The summed E-state index contributed by atoms with van der Waals surface area (Å²) in [6.45, 7) is 16.0. The van der Waals surface area contributed by atoms with Crippen molar-refractivity contribution in [2.75, 3.05) is 19.6 Å². The summed E-state index contributed by atoms with van der Waals surface area (Å²) in [7, 11) is 0. The minimum atomic E-state index is 0.443. The highest BCUT2D eigenvalue weighted by Gasteiger charge is 2.43. The molecule has 0 aromatic heterocycles. The molecular weight excluding hydrogens is 244 g/mol. The first-order valence-electron chi connectivity index (χ1n) is 9.08. The van der Waals surface area contributed by atoms with Gasteiger partial charge in [0, 0.05) is 30.7 Å². The molecule has 0 saturated carbocycles. The summed E-state index contributed by atoms with van der Waals surface area (Å²) >= 11 is 0. The number of hydrogen-bond acceptors (Lipinski definition) is 2. The molecule has 0 bridgehead atoms. The molecule has 118 valence electrons. The van der Waals surface area contributed by atoms with Crippen molar-refractivity contribution < 1.29 is 0 Å². The lowest BCUT2D eigenvalue weighted by Crippen LogP contribution is -2.66. The van der Waals surface area contributed by atoms with Gasteiger partial charge in [0.2, 0.25) is 0 Å². The van der Waals surface area contributed by atoms with Crippen LogP contribution in [0.15, 0.2) is 0 Å². The van der Waals surface area contributed by atoms with E-state index in [-0.39, 0.29) is 0 Å². The normalized spacial score (nSPS) is 29.7. The van der Waals surface area contributed by atoms with Crippen molar-refractivity contribution in [2.45, 2.75) is 90.8 Å². The van der Waals surface area contributed by atoms with E-state index in [2.05, 4.69) is 44.4 Å². The Morgan fingerprint density at radius 2 is 1.65 bits per heavy atom. The molecule has 0 aliphatic carbocycles. The summed E-state index contributed by atoms with van der Waals surface area (Å²) in [5, 5.41) is 0. The number of hydrogen-bond donors (Lipinski definition) is 0. The number of fused-ring (bicyclic) bond motifs is 1. The Bertz CT molecular complexity index is 288. The molecule has 2 nitrogen and oxygen atoms in total. The van der Waals surface area contributed by atoms with Crippen LogP contribution in [-0.2, 0) is 0 Å². The minimum absolute atomic E-state index is 0.443. The number of piperazine rings is 1. The fraction of sp³-hybridized carbons (Fsp3) is 1.00. The molecule has 0 spiro atoms. The van der Waals surface area contributed by atoms with E-state index in [1.165, 1.54) is 58.2 Å². The van der Waals surface area contributed by atoms with E-state index in [1.807, 2.05) is 0 Å². The van der Waals surface area contributed by atoms with Gasteiger partial charge in [-0.2, -0.15) is 0 Å². The summed E-state index contributed by atoms with van der Waals surface area (Å²) < 4.78 is 0. The summed E-state index contributed by atoms with van der Waals surface area (Å²) in [4.78, 5) is 5.74. The van der Waals surface area contributed by atoms with Gasteiger partial charge in [0.15, 0.2) is 0 Å². The van der Waals surface area contributed by atoms with E-state index in [1.54, 1.807) is 0 Å². The average Bonchev–Trinajstić information content (AvgIpc) is 2.48. The van der Waals surface area contributed by atoms with E-state index in [4.69, 9.17) is 0 Å². The molecule has 0 aromatic carbocycles. The van der Waals surface area contributed by atoms with Crippen LogP contribution in [0.4, 0.5) is 0 Å². The molecule has 2 atom stereocenters. The van der Waals surface area contributed by atoms with Gasteiger partial charge < -0.3 is 0 Å². The van der Waals surface area contributed by atoms with Crippen molar-refractivity contribution in [3.8, 4) is 0 Å². The third-order valence-electron chi connectivity index (χ3n) is 6.33. The van der Waals surface area contributed by atoms with Crippen LogP contribution in [0.5, 0.6) is 0 Å². The predicted octanol–water partition coefficient (Wildman–Crippen LogP) is 4.15. The number of piperidine rings is 1. The maximum Gasteiger partial charge on any atom is 0.0252 e. The first-order valence-corrected chi connectivity index (χ1v) is 9.08. The van der Waals surface area contributed by atoms with Crippen LogP contribution in [0.2, 0.25) is 0 Å². The van der Waals surface area contributed by atoms with Gasteiger partial charge in [-0.15, -0.1) is 0 Å². The SMILES string of the molecule is CCC(CC)(CC)N1CC2CCCCN2CC1C(C)C. The van der Waals surface area contributed by atoms with Gasteiger partial charge in [-0.05, 0) is 44.6 Å². The van der Waals surface area contributed by atoms with Crippen molar-refractivity contribution in [1.82, 2.24) is 9.80 Å². The van der Waals surface area contributed by atoms with Gasteiger partial charge in [-0.1, -0.05) is 41.0 Å². The Kier molecular flexibility index (Phi) is 5.53. The summed E-state index contributed by atoms with van der Waals surface area (Å²) in [6, 6.07) is 1.59. The number of rotatable bonds is 5. The van der Waals surface area contributed by atoms with E-state index < -0.39 is 0 Å². The molecule has 0 aromatic rings. The van der Waals surface area contributed by atoms with Crippen LogP contribution >= 0.6 is 0 Å². The molecule has 2 saturated heterocycles. The first kappa shape index (κ1) is 16.3. The Morgan fingerprint density at radius 3 is 2.20 bits per heavy atom. The van der Waals surface area contributed by atoms with Crippen molar-refractivity contribution in [3.05, 3.63) is 0 Å². The summed E-state index contributed by atoms with van der Waals surface area (Å²) in [6.07, 6.45) is 8.19. The molecule has 2 aliphatic rings. The summed E-state index contributed by atoms with van der Waals surface area (Å²) in [5.41, 5.74) is 0.443. The Labute approximate surface area is 126 Å². The third-order valence-corrected chi connectivity index (χ3v) is 6.33. The maximum absolute atomic E-state index is 2.93. The molecule has 20 heavy (non-hydrogen) atoms. The van der Waals surface area contributed by atoms with Gasteiger partial charge in [0.25, 0.3) is 0 Å². The molecule has 2 fully saturated rings. The second kappa shape index (κ2) is 6.79. The second-order valence-electron chi connectivity index (χ2n) is 7.39. The molecule has 2 aliphatic heterocycles.